The largest absolute Gasteiger partial charge is 0.285 e. The first-order valence-corrected chi connectivity index (χ1v) is 7.54. The predicted octanol–water partition coefficient (Wildman–Crippen LogP) is 5.36. The van der Waals surface area contributed by atoms with E-state index in [9.17, 15) is 0 Å². The van der Waals surface area contributed by atoms with Crippen LogP contribution < -0.4 is 0 Å². The fourth-order valence-electron chi connectivity index (χ4n) is 2.42. The zero-order valence-corrected chi connectivity index (χ0v) is 12.7. The van der Waals surface area contributed by atoms with Gasteiger partial charge in [-0.15, -0.1) is 0 Å². The van der Waals surface area contributed by atoms with E-state index in [1.165, 1.54) is 22.3 Å². The van der Waals surface area contributed by atoms with E-state index in [1.807, 2.05) is 12.1 Å². The molecular formula is C21H19N. The second-order valence-corrected chi connectivity index (χ2v) is 5.33. The highest BCUT2D eigenvalue weighted by atomic mass is 14.7. The van der Waals surface area contributed by atoms with Crippen molar-refractivity contribution in [2.45, 2.75) is 13.5 Å². The van der Waals surface area contributed by atoms with Gasteiger partial charge in [0, 0.05) is 5.71 Å². The molecule has 1 heteroatoms. The van der Waals surface area contributed by atoms with Crippen LogP contribution in [0.1, 0.15) is 18.1 Å². The Kier molecular flexibility index (Phi) is 4.45. The fraction of sp³-hybridized carbons (Fsp3) is 0.0952. The molecule has 0 saturated heterocycles. The SMILES string of the molecule is CC(=NCc1ccccc1)c1ccc(-c2ccccc2)cc1. The maximum atomic E-state index is 4.68. The Morgan fingerprint density at radius 2 is 1.23 bits per heavy atom. The molecule has 22 heavy (non-hydrogen) atoms. The van der Waals surface area contributed by atoms with Crippen molar-refractivity contribution in [3.63, 3.8) is 0 Å². The lowest BCUT2D eigenvalue weighted by molar-refractivity contribution is 1.06. The fourth-order valence-corrected chi connectivity index (χ4v) is 2.42. The van der Waals surface area contributed by atoms with Crippen molar-refractivity contribution in [2.75, 3.05) is 0 Å². The number of nitrogens with zero attached hydrogens (tertiary/aromatic N) is 1. The minimum absolute atomic E-state index is 0.729. The van der Waals surface area contributed by atoms with Crippen LogP contribution in [-0.4, -0.2) is 5.71 Å². The lowest BCUT2D eigenvalue weighted by Crippen LogP contribution is -1.95. The van der Waals surface area contributed by atoms with Gasteiger partial charge in [-0.1, -0.05) is 84.9 Å². The van der Waals surface area contributed by atoms with Crippen LogP contribution in [0.25, 0.3) is 11.1 Å². The zero-order chi connectivity index (χ0) is 15.2. The number of hydrogen-bond donors (Lipinski definition) is 0. The highest BCUT2D eigenvalue weighted by Crippen LogP contribution is 2.19. The van der Waals surface area contributed by atoms with Crippen LogP contribution in [0.4, 0.5) is 0 Å². The van der Waals surface area contributed by atoms with Gasteiger partial charge >= 0.3 is 0 Å². The molecule has 0 amide bonds. The van der Waals surface area contributed by atoms with Gasteiger partial charge in [0.2, 0.25) is 0 Å². The molecule has 0 bridgehead atoms. The van der Waals surface area contributed by atoms with E-state index in [0.29, 0.717) is 0 Å². The second-order valence-electron chi connectivity index (χ2n) is 5.33. The van der Waals surface area contributed by atoms with Gasteiger partial charge in [0.15, 0.2) is 0 Å². The Bertz CT molecular complexity index is 741. The van der Waals surface area contributed by atoms with Gasteiger partial charge in [-0.25, -0.2) is 0 Å². The van der Waals surface area contributed by atoms with Gasteiger partial charge in [-0.05, 0) is 29.2 Å². The van der Waals surface area contributed by atoms with Gasteiger partial charge in [-0.3, -0.25) is 4.99 Å². The summed E-state index contributed by atoms with van der Waals surface area (Å²) in [6.07, 6.45) is 0. The maximum Gasteiger partial charge on any atom is 0.0643 e. The third kappa shape index (κ3) is 3.50. The Hall–Kier alpha value is -2.67. The van der Waals surface area contributed by atoms with Crippen molar-refractivity contribution in [2.24, 2.45) is 4.99 Å². The topological polar surface area (TPSA) is 12.4 Å². The van der Waals surface area contributed by atoms with E-state index in [4.69, 9.17) is 0 Å². The average Bonchev–Trinajstić information content (AvgIpc) is 2.61. The summed E-state index contributed by atoms with van der Waals surface area (Å²) in [7, 11) is 0. The van der Waals surface area contributed by atoms with Crippen LogP contribution in [0.2, 0.25) is 0 Å². The van der Waals surface area contributed by atoms with E-state index >= 15 is 0 Å². The molecular weight excluding hydrogens is 266 g/mol. The smallest absolute Gasteiger partial charge is 0.0643 e. The lowest BCUT2D eigenvalue weighted by atomic mass is 10.0. The highest BCUT2D eigenvalue weighted by molar-refractivity contribution is 5.99. The molecule has 0 spiro atoms. The summed E-state index contributed by atoms with van der Waals surface area (Å²) in [5.74, 6) is 0. The van der Waals surface area contributed by atoms with Crippen LogP contribution in [0.5, 0.6) is 0 Å². The summed E-state index contributed by atoms with van der Waals surface area (Å²) >= 11 is 0. The molecule has 108 valence electrons. The van der Waals surface area contributed by atoms with Crippen LogP contribution in [0.15, 0.2) is 89.9 Å². The first-order chi connectivity index (χ1) is 10.8. The molecule has 0 N–H and O–H groups in total. The number of hydrogen-bond acceptors (Lipinski definition) is 1. The third-order valence-corrected chi connectivity index (χ3v) is 3.75. The minimum Gasteiger partial charge on any atom is -0.285 e. The maximum absolute atomic E-state index is 4.68. The predicted molar refractivity (Wildman–Crippen MR) is 94.2 cm³/mol. The Morgan fingerprint density at radius 1 is 0.682 bits per heavy atom. The standard InChI is InChI=1S/C21H19N/c1-17(22-16-18-8-4-2-5-9-18)19-12-14-21(15-13-19)20-10-6-3-7-11-20/h2-15H,16H2,1H3. The zero-order valence-electron chi connectivity index (χ0n) is 12.7. The molecule has 3 aromatic rings. The molecule has 0 aliphatic heterocycles. The molecule has 0 aliphatic rings. The van der Waals surface area contributed by atoms with Gasteiger partial charge in [0.1, 0.15) is 0 Å². The summed E-state index contributed by atoms with van der Waals surface area (Å²) in [6.45, 7) is 2.80. The van der Waals surface area contributed by atoms with Gasteiger partial charge in [0.05, 0.1) is 6.54 Å². The van der Waals surface area contributed by atoms with Gasteiger partial charge in [-0.2, -0.15) is 0 Å². The van der Waals surface area contributed by atoms with Crippen LogP contribution in [0, 0.1) is 0 Å². The molecule has 3 aromatic carbocycles. The Balaban J connectivity index is 1.75. The summed E-state index contributed by atoms with van der Waals surface area (Å²) < 4.78 is 0. The Morgan fingerprint density at radius 3 is 1.86 bits per heavy atom. The van der Waals surface area contributed by atoms with Crippen molar-refractivity contribution in [3.05, 3.63) is 96.1 Å². The summed E-state index contributed by atoms with van der Waals surface area (Å²) in [4.78, 5) is 4.68. The quantitative estimate of drug-likeness (QED) is 0.572. The van der Waals surface area contributed by atoms with E-state index in [1.54, 1.807) is 0 Å². The molecule has 1 nitrogen and oxygen atoms in total. The average molecular weight is 285 g/mol. The van der Waals surface area contributed by atoms with E-state index < -0.39 is 0 Å². The molecule has 0 unspecified atom stereocenters. The molecule has 0 saturated carbocycles. The number of rotatable bonds is 4. The van der Waals surface area contributed by atoms with Crippen LogP contribution >= 0.6 is 0 Å². The molecule has 0 aromatic heterocycles. The van der Waals surface area contributed by atoms with Crippen molar-refractivity contribution in [1.82, 2.24) is 0 Å². The molecule has 0 heterocycles. The van der Waals surface area contributed by atoms with Crippen LogP contribution in [0.3, 0.4) is 0 Å². The van der Waals surface area contributed by atoms with Crippen molar-refractivity contribution in [1.29, 1.82) is 0 Å². The minimum atomic E-state index is 0.729. The van der Waals surface area contributed by atoms with Gasteiger partial charge < -0.3 is 0 Å². The van der Waals surface area contributed by atoms with E-state index in [0.717, 1.165) is 12.3 Å². The summed E-state index contributed by atoms with van der Waals surface area (Å²) in [6, 6.07) is 29.4. The van der Waals surface area contributed by atoms with Crippen molar-refractivity contribution < 1.29 is 0 Å². The molecule has 0 atom stereocenters. The van der Waals surface area contributed by atoms with E-state index in [-0.39, 0.29) is 0 Å². The molecule has 3 rings (SSSR count). The molecule has 0 radical (unpaired) electrons. The summed E-state index contributed by atoms with van der Waals surface area (Å²) in [5.41, 5.74) is 5.97. The monoisotopic (exact) mass is 285 g/mol. The van der Waals surface area contributed by atoms with Gasteiger partial charge in [0.25, 0.3) is 0 Å². The van der Waals surface area contributed by atoms with Crippen molar-refractivity contribution >= 4 is 5.71 Å². The second kappa shape index (κ2) is 6.86. The highest BCUT2D eigenvalue weighted by Gasteiger charge is 2.00. The third-order valence-electron chi connectivity index (χ3n) is 3.75. The first kappa shape index (κ1) is 14.3. The van der Waals surface area contributed by atoms with E-state index in [2.05, 4.69) is 84.7 Å². The molecule has 0 aliphatic carbocycles. The first-order valence-electron chi connectivity index (χ1n) is 7.54. The van der Waals surface area contributed by atoms with Crippen LogP contribution in [-0.2, 0) is 6.54 Å². The Labute approximate surface area is 132 Å². The lowest BCUT2D eigenvalue weighted by Gasteiger charge is -2.05. The molecule has 0 fully saturated rings. The number of benzene rings is 3. The van der Waals surface area contributed by atoms with Crippen molar-refractivity contribution in [3.8, 4) is 11.1 Å². The summed E-state index contributed by atoms with van der Waals surface area (Å²) in [5, 5.41) is 0. The number of aliphatic imine (C=N–C) groups is 1. The normalized spacial score (nSPS) is 11.4.